The van der Waals surface area contributed by atoms with Crippen LogP contribution in [0.3, 0.4) is 0 Å². The zero-order valence-corrected chi connectivity index (χ0v) is 36.5. The Balaban J connectivity index is 0.816. The number of carbonyl (C=O) groups is 3. The van der Waals surface area contributed by atoms with Crippen molar-refractivity contribution in [3.8, 4) is 11.8 Å². The average Bonchev–Trinajstić information content (AvgIpc) is 3.81. The zero-order valence-electron chi connectivity index (χ0n) is 35.7. The maximum atomic E-state index is 15.5. The third-order valence-electron chi connectivity index (χ3n) is 12.7. The van der Waals surface area contributed by atoms with E-state index in [4.69, 9.17) is 10.5 Å². The number of anilines is 2. The third kappa shape index (κ3) is 9.96. The van der Waals surface area contributed by atoms with Gasteiger partial charge in [0, 0.05) is 64.8 Å². The van der Waals surface area contributed by atoms with Crippen LogP contribution in [0.25, 0.3) is 16.6 Å². The molecule has 4 N–H and O–H groups in total. The molecule has 4 fully saturated rings. The Kier molecular flexibility index (Phi) is 13.4. The number of alkyl halides is 3. The molecule has 1 aromatic carbocycles. The van der Waals surface area contributed by atoms with Gasteiger partial charge in [0.2, 0.25) is 11.8 Å². The lowest BCUT2D eigenvalue weighted by molar-refractivity contribution is -0.135. The lowest BCUT2D eigenvalue weighted by Gasteiger charge is -2.38. The fourth-order valence-electron chi connectivity index (χ4n) is 9.19. The lowest BCUT2D eigenvalue weighted by Crippen LogP contribution is -2.47. The first kappa shape index (κ1) is 45.5. The van der Waals surface area contributed by atoms with Crippen LogP contribution in [0.15, 0.2) is 47.7 Å². The topological polar surface area (TPSA) is 222 Å². The van der Waals surface area contributed by atoms with Crippen molar-refractivity contribution in [3.63, 3.8) is 0 Å². The van der Waals surface area contributed by atoms with Crippen LogP contribution in [-0.2, 0) is 36.0 Å². The van der Waals surface area contributed by atoms with Crippen LogP contribution < -0.4 is 27.0 Å². The summed E-state index contributed by atoms with van der Waals surface area (Å²) in [5, 5.41) is 8.99. The Hall–Kier alpha value is -6.05. The summed E-state index contributed by atoms with van der Waals surface area (Å²) in [7, 11) is -1.54. The summed E-state index contributed by atoms with van der Waals surface area (Å²) in [4.78, 5) is 63.3. The third-order valence-corrected chi connectivity index (χ3v) is 14.3. The highest BCUT2D eigenvalue weighted by Crippen LogP contribution is 2.36. The van der Waals surface area contributed by atoms with Gasteiger partial charge in [-0.15, -0.1) is 0 Å². The van der Waals surface area contributed by atoms with E-state index in [1.165, 1.54) is 26.2 Å². The van der Waals surface area contributed by atoms with Gasteiger partial charge < -0.3 is 20.7 Å². The van der Waals surface area contributed by atoms with E-state index in [9.17, 15) is 36.4 Å². The number of fused-ring (bicyclic) bond motifs is 1. The van der Waals surface area contributed by atoms with E-state index in [0.29, 0.717) is 54.8 Å². The predicted molar refractivity (Wildman–Crippen MR) is 233 cm³/mol. The molecule has 22 heteroatoms. The number of ether oxygens (including phenoxy) is 1. The zero-order chi connectivity index (χ0) is 46.0. The number of piperidine rings is 2. The number of hydrogen-bond acceptors (Lipinski definition) is 13. The van der Waals surface area contributed by atoms with Crippen molar-refractivity contribution in [2.75, 3.05) is 61.1 Å². The Morgan fingerprint density at radius 3 is 2.55 bits per heavy atom. The van der Waals surface area contributed by atoms with Gasteiger partial charge in [-0.3, -0.25) is 38.4 Å². The highest BCUT2D eigenvalue weighted by Gasteiger charge is 2.34. The normalized spacial score (nSPS) is 24.2. The molecule has 8 rings (SSSR count). The van der Waals surface area contributed by atoms with Crippen molar-refractivity contribution in [1.29, 1.82) is 0 Å². The van der Waals surface area contributed by atoms with Gasteiger partial charge in [0.25, 0.3) is 12.3 Å². The quantitative estimate of drug-likeness (QED) is 0.112. The van der Waals surface area contributed by atoms with Crippen LogP contribution in [0.1, 0.15) is 80.5 Å². The van der Waals surface area contributed by atoms with Gasteiger partial charge in [-0.05, 0) is 62.6 Å². The van der Waals surface area contributed by atoms with Gasteiger partial charge in [-0.2, -0.15) is 5.10 Å². The molecular formula is C43H50F3N11O7S. The summed E-state index contributed by atoms with van der Waals surface area (Å²) >= 11 is 0. The first-order chi connectivity index (χ1) is 31.2. The minimum Gasteiger partial charge on any atom is -0.404 e. The van der Waals surface area contributed by atoms with Crippen molar-refractivity contribution >= 4 is 55.7 Å². The van der Waals surface area contributed by atoms with Crippen molar-refractivity contribution in [2.24, 2.45) is 18.7 Å². The number of imide groups is 1. The van der Waals surface area contributed by atoms with Crippen LogP contribution in [0.5, 0.6) is 0 Å². The second kappa shape index (κ2) is 19.2. The summed E-state index contributed by atoms with van der Waals surface area (Å²) in [5.74, 6) is 4.83. The molecule has 3 aliphatic heterocycles. The molecule has 18 nitrogen and oxygen atoms in total. The molecular weight excluding hydrogens is 872 g/mol. The first-order valence-corrected chi connectivity index (χ1v) is 23.4. The highest BCUT2D eigenvalue weighted by atomic mass is 32.2. The minimum atomic E-state index is -3.14. The number of nitrogens with zero attached hydrogens (tertiary/aromatic N) is 8. The summed E-state index contributed by atoms with van der Waals surface area (Å²) < 4.78 is 77.9. The van der Waals surface area contributed by atoms with Gasteiger partial charge >= 0.3 is 5.69 Å². The smallest absolute Gasteiger partial charge is 0.329 e. The molecule has 0 bridgehead atoms. The van der Waals surface area contributed by atoms with E-state index in [1.807, 2.05) is 0 Å². The number of amides is 3. The van der Waals surface area contributed by atoms with Gasteiger partial charge in [0.15, 0.2) is 21.4 Å². The Morgan fingerprint density at radius 1 is 1.08 bits per heavy atom. The van der Waals surface area contributed by atoms with Gasteiger partial charge in [-0.1, -0.05) is 17.9 Å². The Bertz CT molecular complexity index is 2720. The number of halogens is 3. The lowest BCUT2D eigenvalue weighted by atomic mass is 9.85. The largest absolute Gasteiger partial charge is 0.404 e. The number of benzene rings is 1. The monoisotopic (exact) mass is 921 g/mol. The molecule has 1 saturated carbocycles. The predicted octanol–water partition coefficient (Wildman–Crippen LogP) is 2.63. The van der Waals surface area contributed by atoms with E-state index in [-0.39, 0.29) is 85.5 Å². The second-order valence-corrected chi connectivity index (χ2v) is 19.2. The molecule has 3 saturated heterocycles. The summed E-state index contributed by atoms with van der Waals surface area (Å²) in [6.45, 7) is 1.92. The molecule has 1 aliphatic carbocycles. The maximum absolute atomic E-state index is 15.5. The second-order valence-electron chi connectivity index (χ2n) is 16.9. The van der Waals surface area contributed by atoms with Crippen LogP contribution in [0, 0.1) is 17.8 Å². The molecule has 4 aromatic rings. The highest BCUT2D eigenvalue weighted by molar-refractivity contribution is 7.91. The van der Waals surface area contributed by atoms with E-state index in [2.05, 4.69) is 42.4 Å². The molecule has 65 heavy (non-hydrogen) atoms. The van der Waals surface area contributed by atoms with Gasteiger partial charge in [0.05, 0.1) is 51.5 Å². The number of hydrogen-bond donors (Lipinski definition) is 3. The number of nitrogens with two attached hydrogens (primary N) is 1. The van der Waals surface area contributed by atoms with E-state index >= 15 is 4.39 Å². The van der Waals surface area contributed by atoms with Crippen LogP contribution >= 0.6 is 0 Å². The van der Waals surface area contributed by atoms with Crippen molar-refractivity contribution in [2.45, 2.75) is 75.7 Å². The number of aromatic nitrogens is 6. The van der Waals surface area contributed by atoms with E-state index in [0.717, 1.165) is 19.0 Å². The molecule has 0 spiro atoms. The number of para-hydroxylation sites is 1. The number of likely N-dealkylation sites (tertiary alicyclic amines) is 1. The number of nitrogens with one attached hydrogen (secondary N) is 2. The summed E-state index contributed by atoms with van der Waals surface area (Å²) in [5.41, 5.74) is 6.10. The van der Waals surface area contributed by atoms with Crippen molar-refractivity contribution in [1.82, 2.24) is 39.1 Å². The molecule has 346 valence electrons. The molecule has 6 heterocycles. The fourth-order valence-corrected chi connectivity index (χ4v) is 10.4. The Labute approximate surface area is 372 Å². The van der Waals surface area contributed by atoms with Crippen LogP contribution in [0.4, 0.5) is 24.7 Å². The van der Waals surface area contributed by atoms with Gasteiger partial charge in [0.1, 0.15) is 24.6 Å². The van der Waals surface area contributed by atoms with Crippen LogP contribution in [0.2, 0.25) is 0 Å². The maximum Gasteiger partial charge on any atom is 0.329 e. The molecule has 3 aromatic heterocycles. The molecule has 3 atom stereocenters. The molecule has 1 unspecified atom stereocenters. The van der Waals surface area contributed by atoms with Crippen molar-refractivity contribution in [3.05, 3.63) is 70.4 Å². The molecule has 0 radical (unpaired) electrons. The number of imidazole rings is 1. The number of rotatable bonds is 11. The summed E-state index contributed by atoms with van der Waals surface area (Å²) in [6, 6.07) is 5.80. The number of carbonyl (C=O) groups excluding carboxylic acids is 3. The fraction of sp³-hybridized carbons (Fsp3) is 0.512. The minimum absolute atomic E-state index is 0.0251. The number of aryl methyl sites for hydroxylation is 1. The summed E-state index contributed by atoms with van der Waals surface area (Å²) in [6.07, 6.45) is 2.60. The molecule has 4 aliphatic rings. The van der Waals surface area contributed by atoms with Gasteiger partial charge in [-0.25, -0.2) is 36.4 Å². The average molecular weight is 922 g/mol. The molecule has 3 amide bonds. The van der Waals surface area contributed by atoms with Crippen LogP contribution in [-0.4, -0.2) is 123 Å². The van der Waals surface area contributed by atoms with E-state index < -0.39 is 57.8 Å². The SMILES string of the molecule is Cn1c(=O)n(C2CCC(=O)NC2=O)c2cccc(C#CCO[C@H]3CCN(CC4CCC(n5cc(NC(=O)/C(=C/N)c6nccc(N7CCS(=O)(=O)CC7)n6)c(C(F)F)n5)CC4)C[C@H]3F)c21. The van der Waals surface area contributed by atoms with Crippen molar-refractivity contribution < 1.29 is 40.7 Å². The number of sulfone groups is 1. The van der Waals surface area contributed by atoms with E-state index in [1.54, 1.807) is 36.2 Å². The first-order valence-electron chi connectivity index (χ1n) is 21.6. The Morgan fingerprint density at radius 2 is 1.85 bits per heavy atom. The standard InChI is InChI=1S/C43H50F3N11O7S/c1-53-38-27(4-2-6-32(38)57(43(53)61)33-11-12-36(58)51-42(33)60)5-3-19-64-34-14-16-54(24-30(34)44)23-26-7-9-28(10-8-26)56-25-31(37(52-56)39(45)46)49-41(59)29(22-47)40-48-15-13-35(50-40)55-17-20-65(62,63)21-18-55/h2,4,6,13,15,22,25-26,28,30,33-34,39H,7-12,14,16-21,23-24,47H2,1H3,(H,49,59)(H,51,58,60)/b29-22+/t26?,28?,30-,33?,34+/m1/s1.